The third-order valence-electron chi connectivity index (χ3n) is 3.29. The molecule has 21 heavy (non-hydrogen) atoms. The quantitative estimate of drug-likeness (QED) is 0.796. The third kappa shape index (κ3) is 2.78. The van der Waals surface area contributed by atoms with E-state index in [1.54, 1.807) is 0 Å². The Morgan fingerprint density at radius 1 is 0.952 bits per heavy atom. The van der Waals surface area contributed by atoms with Gasteiger partial charge in [-0.3, -0.25) is 4.90 Å². The summed E-state index contributed by atoms with van der Waals surface area (Å²) in [6, 6.07) is 19.5. The van der Waals surface area contributed by atoms with Gasteiger partial charge in [-0.1, -0.05) is 53.6 Å². The van der Waals surface area contributed by atoms with Crippen molar-refractivity contribution >= 4 is 11.7 Å². The second-order valence-corrected chi connectivity index (χ2v) is 4.71. The van der Waals surface area contributed by atoms with Crippen LogP contribution in [0.4, 0.5) is 11.7 Å². The van der Waals surface area contributed by atoms with Crippen molar-refractivity contribution in [2.75, 3.05) is 11.9 Å². The van der Waals surface area contributed by atoms with Crippen molar-refractivity contribution in [3.8, 4) is 0 Å². The van der Waals surface area contributed by atoms with E-state index < -0.39 is 6.04 Å². The molecule has 0 aliphatic carbocycles. The van der Waals surface area contributed by atoms with Crippen LogP contribution in [-0.2, 0) is 0 Å². The smallest absolute Gasteiger partial charge is 0.322 e. The average molecular weight is 280 g/mol. The maximum atomic E-state index is 6.15. The zero-order chi connectivity index (χ0) is 14.7. The summed E-state index contributed by atoms with van der Waals surface area (Å²) in [6.07, 6.45) is 0. The lowest BCUT2D eigenvalue weighted by Crippen LogP contribution is -2.12. The van der Waals surface area contributed by atoms with Crippen molar-refractivity contribution in [1.29, 1.82) is 0 Å². The van der Waals surface area contributed by atoms with Crippen LogP contribution in [0.25, 0.3) is 0 Å². The molecule has 2 aromatic carbocycles. The van der Waals surface area contributed by atoms with Gasteiger partial charge in [-0.05, 0) is 17.7 Å². The van der Waals surface area contributed by atoms with Crippen LogP contribution >= 0.6 is 0 Å². The maximum absolute atomic E-state index is 6.15. The number of rotatable bonds is 4. The molecule has 1 unspecified atom stereocenters. The molecule has 0 saturated heterocycles. The van der Waals surface area contributed by atoms with E-state index in [1.165, 1.54) is 0 Å². The van der Waals surface area contributed by atoms with Gasteiger partial charge in [0.2, 0.25) is 5.89 Å². The first-order valence-electron chi connectivity index (χ1n) is 6.68. The number of hydrogen-bond acceptors (Lipinski definition) is 5. The molecular formula is C16H16N4O. The largest absolute Gasteiger partial charge is 0.406 e. The molecule has 5 nitrogen and oxygen atoms in total. The van der Waals surface area contributed by atoms with Crippen LogP contribution in [0.3, 0.4) is 0 Å². The molecule has 0 fully saturated rings. The molecule has 1 aromatic heterocycles. The summed E-state index contributed by atoms with van der Waals surface area (Å²) in [5.74, 6) is 0.402. The Balaban J connectivity index is 1.84. The van der Waals surface area contributed by atoms with Crippen LogP contribution in [0.1, 0.15) is 17.5 Å². The normalized spacial score (nSPS) is 12.1. The van der Waals surface area contributed by atoms with Gasteiger partial charge in [-0.15, -0.1) is 5.10 Å². The summed E-state index contributed by atoms with van der Waals surface area (Å²) in [7, 11) is 1.88. The fourth-order valence-corrected chi connectivity index (χ4v) is 2.05. The molecular weight excluding hydrogens is 264 g/mol. The van der Waals surface area contributed by atoms with Crippen LogP contribution in [0, 0.1) is 0 Å². The molecule has 0 radical (unpaired) electrons. The molecule has 0 amide bonds. The lowest BCUT2D eigenvalue weighted by atomic mass is 10.1. The summed E-state index contributed by atoms with van der Waals surface area (Å²) >= 11 is 0. The topological polar surface area (TPSA) is 68.2 Å². The number of nitrogens with two attached hydrogens (primary N) is 1. The number of nitrogens with zero attached hydrogens (tertiary/aromatic N) is 3. The zero-order valence-electron chi connectivity index (χ0n) is 11.7. The number of aromatic nitrogens is 2. The van der Waals surface area contributed by atoms with E-state index >= 15 is 0 Å². The molecule has 3 rings (SSSR count). The first-order valence-corrected chi connectivity index (χ1v) is 6.68. The molecule has 1 heterocycles. The van der Waals surface area contributed by atoms with Gasteiger partial charge in [-0.2, -0.15) is 0 Å². The molecule has 1 atom stereocenters. The van der Waals surface area contributed by atoms with E-state index in [9.17, 15) is 0 Å². The highest BCUT2D eigenvalue weighted by atomic mass is 16.4. The molecule has 106 valence electrons. The second kappa shape index (κ2) is 5.76. The maximum Gasteiger partial charge on any atom is 0.322 e. The number of benzene rings is 2. The molecule has 0 spiro atoms. The monoisotopic (exact) mass is 280 g/mol. The minimum Gasteiger partial charge on any atom is -0.406 e. The Hall–Kier alpha value is -2.66. The standard InChI is InChI=1S/C16H16N4O/c1-20(13-10-6-3-7-11-13)16-19-18-15(21-16)14(17)12-8-4-2-5-9-12/h2-11,14H,17H2,1H3. The minimum absolute atomic E-state index is 0.402. The lowest BCUT2D eigenvalue weighted by molar-refractivity contribution is 0.478. The number of hydrogen-bond donors (Lipinski definition) is 1. The highest BCUT2D eigenvalue weighted by molar-refractivity contribution is 5.54. The first-order chi connectivity index (χ1) is 10.3. The van der Waals surface area contributed by atoms with Crippen molar-refractivity contribution < 1.29 is 4.42 Å². The minimum atomic E-state index is -0.420. The summed E-state index contributed by atoms with van der Waals surface area (Å²) in [5.41, 5.74) is 8.07. The molecule has 5 heteroatoms. The van der Waals surface area contributed by atoms with Gasteiger partial charge < -0.3 is 10.2 Å². The number of anilines is 2. The van der Waals surface area contributed by atoms with E-state index in [1.807, 2.05) is 72.6 Å². The van der Waals surface area contributed by atoms with Crippen LogP contribution < -0.4 is 10.6 Å². The summed E-state index contributed by atoms with van der Waals surface area (Å²) in [4.78, 5) is 1.83. The van der Waals surface area contributed by atoms with E-state index in [0.29, 0.717) is 11.9 Å². The lowest BCUT2D eigenvalue weighted by Gasteiger charge is -2.13. The van der Waals surface area contributed by atoms with Crippen LogP contribution in [0.15, 0.2) is 65.1 Å². The fraction of sp³-hybridized carbons (Fsp3) is 0.125. The molecule has 0 saturated carbocycles. The summed E-state index contributed by atoms with van der Waals surface area (Å²) in [6.45, 7) is 0. The van der Waals surface area contributed by atoms with Gasteiger partial charge in [0, 0.05) is 12.7 Å². The van der Waals surface area contributed by atoms with E-state index in [0.717, 1.165) is 11.3 Å². The highest BCUT2D eigenvalue weighted by Gasteiger charge is 2.18. The Kier molecular flexibility index (Phi) is 3.66. The predicted molar refractivity (Wildman–Crippen MR) is 81.3 cm³/mol. The second-order valence-electron chi connectivity index (χ2n) is 4.71. The summed E-state index contributed by atoms with van der Waals surface area (Å²) in [5, 5.41) is 8.12. The SMILES string of the molecule is CN(c1ccccc1)c1nnc(C(N)c2ccccc2)o1. The van der Waals surface area contributed by atoms with Crippen molar-refractivity contribution in [1.82, 2.24) is 10.2 Å². The van der Waals surface area contributed by atoms with Gasteiger partial charge >= 0.3 is 6.01 Å². The average Bonchev–Trinajstić information content (AvgIpc) is 3.05. The molecule has 2 N–H and O–H groups in total. The van der Waals surface area contributed by atoms with Crippen molar-refractivity contribution in [3.05, 3.63) is 72.1 Å². The number of para-hydroxylation sites is 1. The molecule has 3 aromatic rings. The predicted octanol–water partition coefficient (Wildman–Crippen LogP) is 2.89. The van der Waals surface area contributed by atoms with Crippen LogP contribution in [0.2, 0.25) is 0 Å². The van der Waals surface area contributed by atoms with E-state index in [2.05, 4.69) is 10.2 Å². The van der Waals surface area contributed by atoms with Crippen molar-refractivity contribution in [2.24, 2.45) is 5.73 Å². The van der Waals surface area contributed by atoms with Crippen molar-refractivity contribution in [2.45, 2.75) is 6.04 Å². The highest BCUT2D eigenvalue weighted by Crippen LogP contribution is 2.25. The molecule has 0 aliphatic rings. The van der Waals surface area contributed by atoms with E-state index in [4.69, 9.17) is 10.2 Å². The Bertz CT molecular complexity index is 637. The first kappa shape index (κ1) is 13.3. The van der Waals surface area contributed by atoms with Gasteiger partial charge in [0.25, 0.3) is 0 Å². The summed E-state index contributed by atoms with van der Waals surface area (Å²) < 4.78 is 5.69. The van der Waals surface area contributed by atoms with Gasteiger partial charge in [0.1, 0.15) is 6.04 Å². The Morgan fingerprint density at radius 2 is 1.57 bits per heavy atom. The Labute approximate surface area is 123 Å². The fourth-order valence-electron chi connectivity index (χ4n) is 2.05. The zero-order valence-corrected chi connectivity index (χ0v) is 11.7. The van der Waals surface area contributed by atoms with Crippen LogP contribution in [0.5, 0.6) is 0 Å². The van der Waals surface area contributed by atoms with Gasteiger partial charge in [0.15, 0.2) is 0 Å². The van der Waals surface area contributed by atoms with E-state index in [-0.39, 0.29) is 0 Å². The van der Waals surface area contributed by atoms with Gasteiger partial charge in [0.05, 0.1) is 0 Å². The van der Waals surface area contributed by atoms with Crippen molar-refractivity contribution in [3.63, 3.8) is 0 Å². The third-order valence-corrected chi connectivity index (χ3v) is 3.29. The Morgan fingerprint density at radius 3 is 2.24 bits per heavy atom. The molecule has 0 aliphatic heterocycles. The van der Waals surface area contributed by atoms with Crippen LogP contribution in [-0.4, -0.2) is 17.2 Å². The van der Waals surface area contributed by atoms with Gasteiger partial charge in [-0.25, -0.2) is 0 Å². The molecule has 0 bridgehead atoms.